The quantitative estimate of drug-likeness (QED) is 0.473. The number of thioether (sulfide) groups is 1. The third-order valence-corrected chi connectivity index (χ3v) is 5.80. The summed E-state index contributed by atoms with van der Waals surface area (Å²) in [5, 5.41) is 14.2. The van der Waals surface area contributed by atoms with E-state index in [1.165, 1.54) is 32.1 Å². The number of hydrogen-bond donors (Lipinski definition) is 1. The van der Waals surface area contributed by atoms with Gasteiger partial charge < -0.3 is 5.32 Å². The van der Waals surface area contributed by atoms with E-state index in [1.807, 2.05) is 23.9 Å². The first kappa shape index (κ1) is 16.3. The van der Waals surface area contributed by atoms with Crippen LogP contribution in [0.5, 0.6) is 0 Å². The zero-order chi connectivity index (χ0) is 15.1. The van der Waals surface area contributed by atoms with Gasteiger partial charge in [-0.3, -0.25) is 10.1 Å². The lowest BCUT2D eigenvalue weighted by Crippen LogP contribution is -2.40. The van der Waals surface area contributed by atoms with Gasteiger partial charge in [0, 0.05) is 23.4 Å². The molecular weight excluding hydrogens is 284 g/mol. The Labute approximate surface area is 130 Å². The molecule has 4 nitrogen and oxygen atoms in total. The molecule has 0 heterocycles. The van der Waals surface area contributed by atoms with Crippen molar-refractivity contribution >= 4 is 17.4 Å². The highest BCUT2D eigenvalue weighted by Crippen LogP contribution is 2.37. The van der Waals surface area contributed by atoms with E-state index >= 15 is 0 Å². The van der Waals surface area contributed by atoms with Crippen LogP contribution in [0.4, 0.5) is 5.69 Å². The number of nitro benzene ring substituents is 1. The molecule has 1 aliphatic carbocycles. The zero-order valence-corrected chi connectivity index (χ0v) is 13.5. The molecule has 0 saturated heterocycles. The molecular formula is C16H24N2O2S. The first-order valence-electron chi connectivity index (χ1n) is 7.64. The Morgan fingerprint density at radius 1 is 1.24 bits per heavy atom. The summed E-state index contributed by atoms with van der Waals surface area (Å²) in [6.07, 6.45) is 9.87. The van der Waals surface area contributed by atoms with E-state index in [4.69, 9.17) is 0 Å². The fraction of sp³-hybridized carbons (Fsp3) is 0.625. The molecule has 5 heteroatoms. The summed E-state index contributed by atoms with van der Waals surface area (Å²) in [4.78, 5) is 10.3. The molecule has 1 fully saturated rings. The number of nitrogens with one attached hydrogen (secondary N) is 1. The molecule has 1 aromatic carbocycles. The topological polar surface area (TPSA) is 55.2 Å². The summed E-state index contributed by atoms with van der Waals surface area (Å²) >= 11 is 2.01. The van der Waals surface area contributed by atoms with Crippen molar-refractivity contribution in [3.63, 3.8) is 0 Å². The standard InChI is InChI=1S/C16H24N2O2S/c1-21-16(10-3-2-4-11-16)13-17-12-9-14-5-7-15(8-6-14)18(19)20/h5-8,17H,2-4,9-13H2,1H3. The van der Waals surface area contributed by atoms with Crippen LogP contribution in [0.2, 0.25) is 0 Å². The van der Waals surface area contributed by atoms with Gasteiger partial charge >= 0.3 is 0 Å². The molecule has 1 aliphatic rings. The minimum Gasteiger partial charge on any atom is -0.315 e. The number of rotatable bonds is 7. The minimum absolute atomic E-state index is 0.162. The Balaban J connectivity index is 1.74. The Kier molecular flexibility index (Phi) is 6.06. The number of nitrogens with zero attached hydrogens (tertiary/aromatic N) is 1. The number of benzene rings is 1. The highest BCUT2D eigenvalue weighted by Gasteiger charge is 2.30. The zero-order valence-electron chi connectivity index (χ0n) is 12.6. The van der Waals surface area contributed by atoms with Gasteiger partial charge in [-0.2, -0.15) is 11.8 Å². The second-order valence-corrected chi connectivity index (χ2v) is 7.07. The van der Waals surface area contributed by atoms with E-state index in [0.717, 1.165) is 25.1 Å². The summed E-state index contributed by atoms with van der Waals surface area (Å²) in [6.45, 7) is 2.00. The van der Waals surface area contributed by atoms with Crippen LogP contribution in [0.25, 0.3) is 0 Å². The van der Waals surface area contributed by atoms with Crippen LogP contribution >= 0.6 is 11.8 Å². The van der Waals surface area contributed by atoms with E-state index in [9.17, 15) is 10.1 Å². The molecule has 0 aromatic heterocycles. The van der Waals surface area contributed by atoms with Crippen LogP contribution in [0.1, 0.15) is 37.7 Å². The Morgan fingerprint density at radius 2 is 1.90 bits per heavy atom. The third-order valence-electron chi connectivity index (χ3n) is 4.38. The average molecular weight is 308 g/mol. The lowest BCUT2D eigenvalue weighted by atomic mass is 9.88. The van der Waals surface area contributed by atoms with Crippen LogP contribution < -0.4 is 5.32 Å². The first-order chi connectivity index (χ1) is 10.2. The maximum atomic E-state index is 10.6. The summed E-state index contributed by atoms with van der Waals surface area (Å²) in [5.41, 5.74) is 1.31. The molecule has 1 aromatic rings. The molecule has 0 unspecified atom stereocenters. The highest BCUT2D eigenvalue weighted by molar-refractivity contribution is 8.00. The van der Waals surface area contributed by atoms with Crippen LogP contribution in [-0.2, 0) is 6.42 Å². The first-order valence-corrected chi connectivity index (χ1v) is 8.87. The van der Waals surface area contributed by atoms with Gasteiger partial charge in [-0.25, -0.2) is 0 Å². The number of non-ortho nitro benzene ring substituents is 1. The van der Waals surface area contributed by atoms with Crippen molar-refractivity contribution < 1.29 is 4.92 Å². The van der Waals surface area contributed by atoms with Crippen molar-refractivity contribution in [1.82, 2.24) is 5.32 Å². The van der Waals surface area contributed by atoms with Gasteiger partial charge in [-0.15, -0.1) is 0 Å². The van der Waals surface area contributed by atoms with Crippen LogP contribution in [-0.4, -0.2) is 29.0 Å². The van der Waals surface area contributed by atoms with Gasteiger partial charge in [-0.05, 0) is 37.6 Å². The summed E-state index contributed by atoms with van der Waals surface area (Å²) in [5.74, 6) is 0. The molecule has 0 bridgehead atoms. The Hall–Kier alpha value is -1.07. The average Bonchev–Trinajstić information content (AvgIpc) is 2.53. The van der Waals surface area contributed by atoms with Gasteiger partial charge in [-0.1, -0.05) is 31.4 Å². The molecule has 1 N–H and O–H groups in total. The molecule has 1 saturated carbocycles. The van der Waals surface area contributed by atoms with E-state index in [2.05, 4.69) is 11.6 Å². The summed E-state index contributed by atoms with van der Waals surface area (Å²) in [7, 11) is 0. The van der Waals surface area contributed by atoms with Gasteiger partial charge in [0.15, 0.2) is 0 Å². The summed E-state index contributed by atoms with van der Waals surface area (Å²) < 4.78 is 0.424. The molecule has 116 valence electrons. The summed E-state index contributed by atoms with van der Waals surface area (Å²) in [6, 6.07) is 6.87. The fourth-order valence-corrected chi connectivity index (χ4v) is 3.93. The normalized spacial score (nSPS) is 17.6. The molecule has 21 heavy (non-hydrogen) atoms. The number of hydrogen-bond acceptors (Lipinski definition) is 4. The highest BCUT2D eigenvalue weighted by atomic mass is 32.2. The van der Waals surface area contributed by atoms with Gasteiger partial charge in [0.05, 0.1) is 4.92 Å². The molecule has 2 rings (SSSR count). The maximum Gasteiger partial charge on any atom is 0.269 e. The van der Waals surface area contributed by atoms with Crippen molar-refractivity contribution in [1.29, 1.82) is 0 Å². The second-order valence-electron chi connectivity index (χ2n) is 5.80. The third kappa shape index (κ3) is 4.71. The molecule has 0 spiro atoms. The van der Waals surface area contributed by atoms with Crippen molar-refractivity contribution in [3.05, 3.63) is 39.9 Å². The van der Waals surface area contributed by atoms with Gasteiger partial charge in [0.2, 0.25) is 0 Å². The lowest BCUT2D eigenvalue weighted by molar-refractivity contribution is -0.384. The SMILES string of the molecule is CSC1(CNCCc2ccc([N+](=O)[O-])cc2)CCCCC1. The molecule has 0 aliphatic heterocycles. The second kappa shape index (κ2) is 7.80. The predicted molar refractivity (Wildman–Crippen MR) is 89.0 cm³/mol. The van der Waals surface area contributed by atoms with Crippen molar-refractivity contribution in [3.8, 4) is 0 Å². The maximum absolute atomic E-state index is 10.6. The van der Waals surface area contributed by atoms with Crippen molar-refractivity contribution in [2.24, 2.45) is 0 Å². The molecule has 0 atom stereocenters. The Morgan fingerprint density at radius 3 is 2.48 bits per heavy atom. The van der Waals surface area contributed by atoms with E-state index < -0.39 is 0 Å². The van der Waals surface area contributed by atoms with Crippen LogP contribution in [0, 0.1) is 10.1 Å². The molecule has 0 amide bonds. The largest absolute Gasteiger partial charge is 0.315 e. The van der Waals surface area contributed by atoms with Crippen molar-refractivity contribution in [2.75, 3.05) is 19.3 Å². The van der Waals surface area contributed by atoms with E-state index in [1.54, 1.807) is 12.1 Å². The Bertz CT molecular complexity index is 456. The van der Waals surface area contributed by atoms with Gasteiger partial charge in [0.1, 0.15) is 0 Å². The fourth-order valence-electron chi connectivity index (χ4n) is 2.98. The lowest BCUT2D eigenvalue weighted by Gasteiger charge is -2.36. The van der Waals surface area contributed by atoms with E-state index in [0.29, 0.717) is 4.75 Å². The monoisotopic (exact) mass is 308 g/mol. The minimum atomic E-state index is -0.354. The number of nitro groups is 1. The van der Waals surface area contributed by atoms with Crippen molar-refractivity contribution in [2.45, 2.75) is 43.3 Å². The van der Waals surface area contributed by atoms with E-state index in [-0.39, 0.29) is 10.6 Å². The van der Waals surface area contributed by atoms with Gasteiger partial charge in [0.25, 0.3) is 5.69 Å². The van der Waals surface area contributed by atoms with Crippen LogP contribution in [0.3, 0.4) is 0 Å². The van der Waals surface area contributed by atoms with Crippen LogP contribution in [0.15, 0.2) is 24.3 Å². The predicted octanol–water partition coefficient (Wildman–Crippen LogP) is 3.79. The smallest absolute Gasteiger partial charge is 0.269 e. The molecule has 0 radical (unpaired) electrons.